The lowest BCUT2D eigenvalue weighted by molar-refractivity contribution is 0.0987. The molecule has 4 aromatic heterocycles. The molecule has 1 atom stereocenters. The van der Waals surface area contributed by atoms with Crippen LogP contribution in [-0.2, 0) is 4.74 Å². The maximum absolute atomic E-state index is 5.66. The average Bonchev–Trinajstić information content (AvgIpc) is 3.28. The van der Waals surface area contributed by atoms with Crippen molar-refractivity contribution in [3.63, 3.8) is 0 Å². The van der Waals surface area contributed by atoms with Gasteiger partial charge in [-0.1, -0.05) is 0 Å². The molecule has 6 rings (SSSR count). The molecule has 0 unspecified atom stereocenters. The lowest BCUT2D eigenvalue weighted by Crippen LogP contribution is -2.44. The largest absolute Gasteiger partial charge is 0.377 e. The molecular formula is C21H22N6O. The van der Waals surface area contributed by atoms with Crippen molar-refractivity contribution in [3.05, 3.63) is 36.8 Å². The lowest BCUT2D eigenvalue weighted by atomic mass is 10.1. The zero-order valence-electron chi connectivity index (χ0n) is 15.8. The summed E-state index contributed by atoms with van der Waals surface area (Å²) in [5.41, 5.74) is 2.90. The Bertz CT molecular complexity index is 1170. The van der Waals surface area contributed by atoms with Gasteiger partial charge >= 0.3 is 0 Å². The van der Waals surface area contributed by atoms with Crippen LogP contribution in [-0.4, -0.2) is 50.3 Å². The molecule has 1 aliphatic heterocycles. The Labute approximate surface area is 162 Å². The highest BCUT2D eigenvalue weighted by atomic mass is 16.5. The van der Waals surface area contributed by atoms with E-state index < -0.39 is 0 Å². The van der Waals surface area contributed by atoms with Gasteiger partial charge in [-0.25, -0.2) is 15.0 Å². The van der Waals surface area contributed by atoms with Gasteiger partial charge < -0.3 is 19.2 Å². The third kappa shape index (κ3) is 2.43. The summed E-state index contributed by atoms with van der Waals surface area (Å²) >= 11 is 0. The number of H-pyrrole nitrogens is 1. The van der Waals surface area contributed by atoms with Crippen LogP contribution in [0.1, 0.15) is 25.8 Å². The number of nitrogens with one attached hydrogen (secondary N) is 1. The number of rotatable bonds is 3. The summed E-state index contributed by atoms with van der Waals surface area (Å²) in [5.74, 6) is 1.77. The molecule has 0 radical (unpaired) electrons. The monoisotopic (exact) mass is 374 g/mol. The highest BCUT2D eigenvalue weighted by Crippen LogP contribution is 2.40. The van der Waals surface area contributed by atoms with Gasteiger partial charge in [0, 0.05) is 42.1 Å². The van der Waals surface area contributed by atoms with E-state index in [9.17, 15) is 0 Å². The second kappa shape index (κ2) is 6.04. The molecule has 1 saturated carbocycles. The number of nitrogens with zero attached hydrogens (tertiary/aromatic N) is 5. The van der Waals surface area contributed by atoms with E-state index in [0.29, 0.717) is 6.04 Å². The minimum Gasteiger partial charge on any atom is -0.377 e. The fourth-order valence-corrected chi connectivity index (χ4v) is 4.20. The second-order valence-corrected chi connectivity index (χ2v) is 7.78. The average molecular weight is 374 g/mol. The van der Waals surface area contributed by atoms with Gasteiger partial charge in [-0.3, -0.25) is 0 Å². The summed E-state index contributed by atoms with van der Waals surface area (Å²) in [6.45, 7) is 4.49. The van der Waals surface area contributed by atoms with Crippen LogP contribution in [0.15, 0.2) is 36.8 Å². The molecule has 28 heavy (non-hydrogen) atoms. The summed E-state index contributed by atoms with van der Waals surface area (Å²) in [5, 5.41) is 2.18. The van der Waals surface area contributed by atoms with Crippen molar-refractivity contribution >= 4 is 27.9 Å². The quantitative estimate of drug-likeness (QED) is 0.594. The number of anilines is 1. The second-order valence-electron chi connectivity index (χ2n) is 7.78. The van der Waals surface area contributed by atoms with Crippen LogP contribution in [0.3, 0.4) is 0 Å². The molecule has 0 bridgehead atoms. The van der Waals surface area contributed by atoms with Crippen LogP contribution in [0.2, 0.25) is 0 Å². The van der Waals surface area contributed by atoms with Gasteiger partial charge in [0.2, 0.25) is 0 Å². The van der Waals surface area contributed by atoms with E-state index in [-0.39, 0.29) is 6.04 Å². The predicted molar refractivity (Wildman–Crippen MR) is 109 cm³/mol. The number of fused-ring (bicyclic) bond motifs is 2. The molecule has 0 amide bonds. The van der Waals surface area contributed by atoms with E-state index in [2.05, 4.69) is 38.6 Å². The van der Waals surface area contributed by atoms with Crippen LogP contribution in [0.5, 0.6) is 0 Å². The normalized spacial score (nSPS) is 20.3. The van der Waals surface area contributed by atoms with E-state index in [1.54, 1.807) is 0 Å². The Hall–Kier alpha value is -2.93. The van der Waals surface area contributed by atoms with E-state index in [0.717, 1.165) is 59.0 Å². The fourth-order valence-electron chi connectivity index (χ4n) is 4.20. The van der Waals surface area contributed by atoms with E-state index in [4.69, 9.17) is 14.7 Å². The molecule has 7 nitrogen and oxygen atoms in total. The van der Waals surface area contributed by atoms with Crippen molar-refractivity contribution in [2.24, 2.45) is 0 Å². The first-order valence-electron chi connectivity index (χ1n) is 9.95. The van der Waals surface area contributed by atoms with Crippen molar-refractivity contribution in [2.75, 3.05) is 24.7 Å². The number of pyridine rings is 1. The maximum Gasteiger partial charge on any atom is 0.164 e. The Balaban J connectivity index is 1.61. The zero-order valence-corrected chi connectivity index (χ0v) is 15.8. The number of aromatic amines is 1. The van der Waals surface area contributed by atoms with Gasteiger partial charge in [0.1, 0.15) is 17.1 Å². The number of morpholine rings is 1. The molecule has 0 aromatic carbocycles. The van der Waals surface area contributed by atoms with Crippen LogP contribution >= 0.6 is 0 Å². The van der Waals surface area contributed by atoms with E-state index >= 15 is 0 Å². The first kappa shape index (κ1) is 16.1. The molecule has 1 saturated heterocycles. The van der Waals surface area contributed by atoms with Crippen LogP contribution in [0.25, 0.3) is 33.5 Å². The standard InChI is InChI=1S/C21H22N6O/c1-13-12-28-11-10-26(13)20-17-6-9-27(14-2-3-14)21(17)25-19(24-20)16-5-8-23-18-15(16)4-7-22-18/h4-9,13-14H,2-3,10-12H2,1H3,(H,22,23)/t13-/m1/s1. The molecule has 0 spiro atoms. The van der Waals surface area contributed by atoms with Crippen LogP contribution < -0.4 is 4.90 Å². The number of ether oxygens (including phenoxy) is 1. The van der Waals surface area contributed by atoms with Gasteiger partial charge in [0.05, 0.1) is 24.6 Å². The Morgan fingerprint density at radius 2 is 2.07 bits per heavy atom. The van der Waals surface area contributed by atoms with Crippen molar-refractivity contribution in [1.29, 1.82) is 0 Å². The van der Waals surface area contributed by atoms with Gasteiger partial charge in [-0.05, 0) is 38.0 Å². The first-order chi connectivity index (χ1) is 13.8. The van der Waals surface area contributed by atoms with Crippen molar-refractivity contribution in [3.8, 4) is 11.4 Å². The SMILES string of the molecule is C[C@@H]1COCCN1c1nc(-c2ccnc3[nH]ccc23)nc2c1ccn2C1CC1. The van der Waals surface area contributed by atoms with Crippen LogP contribution in [0.4, 0.5) is 5.82 Å². The summed E-state index contributed by atoms with van der Waals surface area (Å²) < 4.78 is 7.98. The van der Waals surface area contributed by atoms with Gasteiger partial charge in [0.25, 0.3) is 0 Å². The Morgan fingerprint density at radius 3 is 2.93 bits per heavy atom. The van der Waals surface area contributed by atoms with Crippen LogP contribution in [0, 0.1) is 0 Å². The van der Waals surface area contributed by atoms with Gasteiger partial charge in [-0.2, -0.15) is 0 Å². The minimum atomic E-state index is 0.286. The highest BCUT2D eigenvalue weighted by molar-refractivity contribution is 5.95. The number of hydrogen-bond donors (Lipinski definition) is 1. The van der Waals surface area contributed by atoms with Crippen molar-refractivity contribution < 1.29 is 4.74 Å². The summed E-state index contributed by atoms with van der Waals surface area (Å²) in [7, 11) is 0. The van der Waals surface area contributed by atoms with Gasteiger partial charge in [0.15, 0.2) is 5.82 Å². The summed E-state index contributed by atoms with van der Waals surface area (Å²) in [6.07, 6.45) is 8.36. The van der Waals surface area contributed by atoms with Gasteiger partial charge in [-0.15, -0.1) is 0 Å². The maximum atomic E-state index is 5.66. The molecule has 1 aliphatic carbocycles. The third-order valence-corrected chi connectivity index (χ3v) is 5.83. The molecule has 7 heteroatoms. The molecule has 142 valence electrons. The Morgan fingerprint density at radius 1 is 1.14 bits per heavy atom. The Kier molecular flexibility index (Phi) is 3.46. The molecule has 2 fully saturated rings. The smallest absolute Gasteiger partial charge is 0.164 e. The predicted octanol–water partition coefficient (Wildman–Crippen LogP) is 3.53. The number of aromatic nitrogens is 5. The molecule has 5 heterocycles. The third-order valence-electron chi connectivity index (χ3n) is 5.83. The first-order valence-corrected chi connectivity index (χ1v) is 9.95. The minimum absolute atomic E-state index is 0.286. The molecule has 2 aliphatic rings. The zero-order chi connectivity index (χ0) is 18.7. The van der Waals surface area contributed by atoms with E-state index in [1.807, 2.05) is 24.5 Å². The molecular weight excluding hydrogens is 352 g/mol. The molecule has 1 N–H and O–H groups in total. The fraction of sp³-hybridized carbons (Fsp3) is 0.381. The topological polar surface area (TPSA) is 71.9 Å². The van der Waals surface area contributed by atoms with Crippen molar-refractivity contribution in [1.82, 2.24) is 24.5 Å². The summed E-state index contributed by atoms with van der Waals surface area (Å²) in [6, 6.07) is 7.08. The molecule has 4 aromatic rings. The van der Waals surface area contributed by atoms with Crippen molar-refractivity contribution in [2.45, 2.75) is 31.8 Å². The van der Waals surface area contributed by atoms with E-state index in [1.165, 1.54) is 12.8 Å². The lowest BCUT2D eigenvalue weighted by Gasteiger charge is -2.34. The summed E-state index contributed by atoms with van der Waals surface area (Å²) in [4.78, 5) is 20.1. The number of hydrogen-bond acceptors (Lipinski definition) is 5. The highest BCUT2D eigenvalue weighted by Gasteiger charge is 2.29.